The van der Waals surface area contributed by atoms with E-state index >= 15 is 0 Å². The van der Waals surface area contributed by atoms with E-state index in [0.29, 0.717) is 18.7 Å². The molecule has 0 saturated heterocycles. The molecule has 0 saturated carbocycles. The van der Waals surface area contributed by atoms with Crippen molar-refractivity contribution in [1.29, 1.82) is 0 Å². The molecule has 4 nitrogen and oxygen atoms in total. The van der Waals surface area contributed by atoms with E-state index in [4.69, 9.17) is 0 Å². The van der Waals surface area contributed by atoms with E-state index in [1.54, 1.807) is 22.3 Å². The lowest BCUT2D eigenvalue weighted by Gasteiger charge is -2.20. The molecule has 2 rings (SSSR count). The molecular formula is C17H20N2O2S. The number of amides is 2. The molecule has 0 bridgehead atoms. The number of aryl methyl sites for hydroxylation is 1. The van der Waals surface area contributed by atoms with Crippen LogP contribution in [0.4, 0.5) is 0 Å². The molecule has 0 aliphatic rings. The Morgan fingerprint density at radius 1 is 1.23 bits per heavy atom. The second-order valence-electron chi connectivity index (χ2n) is 5.04. The van der Waals surface area contributed by atoms with Gasteiger partial charge in [-0.15, -0.1) is 11.3 Å². The van der Waals surface area contributed by atoms with E-state index < -0.39 is 0 Å². The standard InChI is InChI=1S/C17H20N2O2S/c1-3-19(12-15-8-5-9-22-15)16(20)11-18-17(21)14-7-4-6-13(2)10-14/h4-10H,3,11-12H2,1-2H3,(H,18,21). The van der Waals surface area contributed by atoms with E-state index in [-0.39, 0.29) is 18.4 Å². The zero-order valence-corrected chi connectivity index (χ0v) is 13.7. The quantitative estimate of drug-likeness (QED) is 0.891. The Labute approximate surface area is 134 Å². The first-order valence-corrected chi connectivity index (χ1v) is 8.13. The third-order valence-electron chi connectivity index (χ3n) is 3.34. The van der Waals surface area contributed by atoms with E-state index in [1.807, 2.05) is 49.6 Å². The van der Waals surface area contributed by atoms with Crippen molar-refractivity contribution in [2.45, 2.75) is 20.4 Å². The molecule has 0 spiro atoms. The van der Waals surface area contributed by atoms with Crippen LogP contribution in [0.2, 0.25) is 0 Å². The average Bonchev–Trinajstić information content (AvgIpc) is 3.03. The monoisotopic (exact) mass is 316 g/mol. The van der Waals surface area contributed by atoms with Crippen LogP contribution in [0, 0.1) is 6.92 Å². The summed E-state index contributed by atoms with van der Waals surface area (Å²) in [6.45, 7) is 5.10. The molecule has 116 valence electrons. The number of hydrogen-bond donors (Lipinski definition) is 1. The maximum atomic E-state index is 12.2. The van der Waals surface area contributed by atoms with Gasteiger partial charge in [0.25, 0.3) is 5.91 Å². The number of likely N-dealkylation sites (N-methyl/N-ethyl adjacent to an activating group) is 1. The summed E-state index contributed by atoms with van der Waals surface area (Å²) in [6.07, 6.45) is 0. The van der Waals surface area contributed by atoms with Gasteiger partial charge in [0, 0.05) is 17.0 Å². The van der Waals surface area contributed by atoms with Gasteiger partial charge in [0.05, 0.1) is 13.1 Å². The molecule has 2 aromatic rings. The lowest BCUT2D eigenvalue weighted by molar-refractivity contribution is -0.130. The van der Waals surface area contributed by atoms with Gasteiger partial charge >= 0.3 is 0 Å². The molecule has 0 fully saturated rings. The minimum Gasteiger partial charge on any atom is -0.343 e. The van der Waals surface area contributed by atoms with Crippen LogP contribution in [-0.2, 0) is 11.3 Å². The number of carbonyl (C=O) groups is 2. The molecular weight excluding hydrogens is 296 g/mol. The fourth-order valence-electron chi connectivity index (χ4n) is 2.12. The van der Waals surface area contributed by atoms with Gasteiger partial charge in [-0.2, -0.15) is 0 Å². The van der Waals surface area contributed by atoms with Gasteiger partial charge in [0.15, 0.2) is 0 Å². The van der Waals surface area contributed by atoms with Gasteiger partial charge in [-0.05, 0) is 37.4 Å². The summed E-state index contributed by atoms with van der Waals surface area (Å²) in [5.74, 6) is -0.291. The third-order valence-corrected chi connectivity index (χ3v) is 4.20. The Morgan fingerprint density at radius 2 is 2.05 bits per heavy atom. The number of rotatable bonds is 6. The number of carbonyl (C=O) groups excluding carboxylic acids is 2. The molecule has 0 aliphatic heterocycles. The number of nitrogens with zero attached hydrogens (tertiary/aromatic N) is 1. The van der Waals surface area contributed by atoms with Crippen LogP contribution in [0.25, 0.3) is 0 Å². The summed E-state index contributed by atoms with van der Waals surface area (Å²) in [5.41, 5.74) is 1.60. The second kappa shape index (κ2) is 7.75. The summed E-state index contributed by atoms with van der Waals surface area (Å²) >= 11 is 1.63. The maximum Gasteiger partial charge on any atom is 0.251 e. The minimum absolute atomic E-state index is 0.0198. The minimum atomic E-state index is -0.218. The Bertz CT molecular complexity index is 638. The van der Waals surface area contributed by atoms with Crippen molar-refractivity contribution in [2.24, 2.45) is 0 Å². The van der Waals surface area contributed by atoms with Gasteiger partial charge in [-0.25, -0.2) is 0 Å². The molecule has 5 heteroatoms. The predicted octanol–water partition coefficient (Wildman–Crippen LogP) is 2.84. The normalized spacial score (nSPS) is 10.3. The molecule has 0 radical (unpaired) electrons. The molecule has 1 N–H and O–H groups in total. The van der Waals surface area contributed by atoms with Crippen LogP contribution in [0.15, 0.2) is 41.8 Å². The van der Waals surface area contributed by atoms with Crippen LogP contribution in [0.1, 0.15) is 27.7 Å². The van der Waals surface area contributed by atoms with Crippen molar-refractivity contribution in [3.63, 3.8) is 0 Å². The summed E-state index contributed by atoms with van der Waals surface area (Å²) in [4.78, 5) is 27.1. The molecule has 1 aromatic heterocycles. The van der Waals surface area contributed by atoms with Crippen molar-refractivity contribution in [1.82, 2.24) is 10.2 Å². The smallest absolute Gasteiger partial charge is 0.251 e. The van der Waals surface area contributed by atoms with E-state index in [0.717, 1.165) is 10.4 Å². The molecule has 0 atom stereocenters. The summed E-state index contributed by atoms with van der Waals surface area (Å²) in [6, 6.07) is 11.3. The fraction of sp³-hybridized carbons (Fsp3) is 0.294. The number of thiophene rings is 1. The van der Waals surface area contributed by atoms with Crippen LogP contribution in [-0.4, -0.2) is 29.8 Å². The SMILES string of the molecule is CCN(Cc1cccs1)C(=O)CNC(=O)c1cccc(C)c1. The molecule has 1 heterocycles. The summed E-state index contributed by atoms with van der Waals surface area (Å²) in [7, 11) is 0. The van der Waals surface area contributed by atoms with Crippen molar-refractivity contribution in [3.05, 3.63) is 57.8 Å². The average molecular weight is 316 g/mol. The Kier molecular flexibility index (Phi) is 5.72. The summed E-state index contributed by atoms with van der Waals surface area (Å²) in [5, 5.41) is 4.69. The van der Waals surface area contributed by atoms with Crippen molar-refractivity contribution in [2.75, 3.05) is 13.1 Å². The number of nitrogens with one attached hydrogen (secondary N) is 1. The zero-order valence-electron chi connectivity index (χ0n) is 12.8. The number of hydrogen-bond acceptors (Lipinski definition) is 3. The van der Waals surface area contributed by atoms with Crippen molar-refractivity contribution < 1.29 is 9.59 Å². The Hall–Kier alpha value is -2.14. The topological polar surface area (TPSA) is 49.4 Å². The first-order valence-electron chi connectivity index (χ1n) is 7.25. The highest BCUT2D eigenvalue weighted by Gasteiger charge is 2.14. The molecule has 22 heavy (non-hydrogen) atoms. The van der Waals surface area contributed by atoms with Crippen molar-refractivity contribution in [3.8, 4) is 0 Å². The summed E-state index contributed by atoms with van der Waals surface area (Å²) < 4.78 is 0. The van der Waals surface area contributed by atoms with Gasteiger partial charge in [0.1, 0.15) is 0 Å². The first-order chi connectivity index (χ1) is 10.6. The molecule has 1 aromatic carbocycles. The van der Waals surface area contributed by atoms with Crippen LogP contribution in [0.5, 0.6) is 0 Å². The van der Waals surface area contributed by atoms with Crippen LogP contribution in [0.3, 0.4) is 0 Å². The lowest BCUT2D eigenvalue weighted by Crippen LogP contribution is -2.39. The van der Waals surface area contributed by atoms with E-state index in [2.05, 4.69) is 5.32 Å². The lowest BCUT2D eigenvalue weighted by atomic mass is 10.1. The van der Waals surface area contributed by atoms with Gasteiger partial charge in [0.2, 0.25) is 5.91 Å². The first kappa shape index (κ1) is 16.2. The molecule has 0 unspecified atom stereocenters. The number of benzene rings is 1. The highest BCUT2D eigenvalue weighted by Crippen LogP contribution is 2.11. The van der Waals surface area contributed by atoms with Crippen LogP contribution < -0.4 is 5.32 Å². The Morgan fingerprint density at radius 3 is 2.68 bits per heavy atom. The van der Waals surface area contributed by atoms with E-state index in [1.165, 1.54) is 0 Å². The molecule has 2 amide bonds. The van der Waals surface area contributed by atoms with Gasteiger partial charge in [-0.1, -0.05) is 23.8 Å². The van der Waals surface area contributed by atoms with Crippen LogP contribution >= 0.6 is 11.3 Å². The highest BCUT2D eigenvalue weighted by molar-refractivity contribution is 7.09. The fourth-order valence-corrected chi connectivity index (χ4v) is 2.84. The van der Waals surface area contributed by atoms with Gasteiger partial charge < -0.3 is 10.2 Å². The van der Waals surface area contributed by atoms with E-state index in [9.17, 15) is 9.59 Å². The Balaban J connectivity index is 1.89. The third kappa shape index (κ3) is 4.43. The van der Waals surface area contributed by atoms with Gasteiger partial charge in [-0.3, -0.25) is 9.59 Å². The molecule has 0 aliphatic carbocycles. The zero-order chi connectivity index (χ0) is 15.9. The maximum absolute atomic E-state index is 12.2. The highest BCUT2D eigenvalue weighted by atomic mass is 32.1. The second-order valence-corrected chi connectivity index (χ2v) is 6.07. The largest absolute Gasteiger partial charge is 0.343 e. The predicted molar refractivity (Wildman–Crippen MR) is 88.9 cm³/mol. The van der Waals surface area contributed by atoms with Crippen molar-refractivity contribution >= 4 is 23.2 Å².